The molecule has 1 aromatic carbocycles. The third kappa shape index (κ3) is 5.22. The van der Waals surface area contributed by atoms with Crippen LogP contribution in [0.2, 0.25) is 0 Å². The lowest BCUT2D eigenvalue weighted by Gasteiger charge is -2.31. The summed E-state index contributed by atoms with van der Waals surface area (Å²) in [5, 5.41) is 6.59. The van der Waals surface area contributed by atoms with Crippen LogP contribution in [0, 0.1) is 0 Å². The summed E-state index contributed by atoms with van der Waals surface area (Å²) in [6.45, 7) is 0.973. The lowest BCUT2D eigenvalue weighted by atomic mass is 10.0. The molecule has 2 aromatic rings. The number of halogens is 3. The molecule has 0 saturated carbocycles. The van der Waals surface area contributed by atoms with Crippen molar-refractivity contribution in [3.63, 3.8) is 0 Å². The Hall–Kier alpha value is -2.61. The summed E-state index contributed by atoms with van der Waals surface area (Å²) in [7, 11) is 0. The summed E-state index contributed by atoms with van der Waals surface area (Å²) in [5.74, 6) is -0.365. The van der Waals surface area contributed by atoms with Gasteiger partial charge >= 0.3 is 6.18 Å². The molecule has 0 radical (unpaired) electrons. The second-order valence-electron chi connectivity index (χ2n) is 6.54. The number of likely N-dealkylation sites (tertiary alicyclic amines) is 1. The molecule has 0 spiro atoms. The average molecular weight is 408 g/mol. The number of benzene rings is 1. The van der Waals surface area contributed by atoms with Crippen molar-refractivity contribution in [1.29, 1.82) is 0 Å². The lowest BCUT2D eigenvalue weighted by Crippen LogP contribution is -2.46. The zero-order chi connectivity index (χ0) is 20.1. The number of nitrogens with zero attached hydrogens (tertiary/aromatic N) is 1. The minimum atomic E-state index is -4.41. The zero-order valence-electron chi connectivity index (χ0n) is 14.9. The number of carbonyl (C=O) groups excluding carboxylic acids is 2. The first-order valence-corrected chi connectivity index (χ1v) is 9.74. The third-order valence-electron chi connectivity index (χ3n) is 4.56. The van der Waals surface area contributed by atoms with Crippen LogP contribution in [-0.4, -0.2) is 35.8 Å². The molecule has 2 amide bonds. The van der Waals surface area contributed by atoms with Gasteiger partial charge in [0.1, 0.15) is 0 Å². The minimum absolute atomic E-state index is 0.00361. The van der Waals surface area contributed by atoms with Crippen molar-refractivity contribution in [3.05, 3.63) is 63.9 Å². The van der Waals surface area contributed by atoms with E-state index in [1.165, 1.54) is 35.6 Å². The molecule has 1 aliphatic heterocycles. The summed E-state index contributed by atoms with van der Waals surface area (Å²) in [6.07, 6.45) is -0.455. The standard InChI is InChI=1S/C20H19F3N2O2S/c21-20(22,23)16-3-1-2-14(12-16)4-5-18(26)25-9-6-17(7-10-25)24-19(27)15-8-11-28-13-15/h1-5,8,11-13,17H,6-7,9-10H2,(H,24,27). The Kier molecular flexibility index (Phi) is 6.18. The summed E-state index contributed by atoms with van der Waals surface area (Å²) in [6, 6.07) is 6.60. The zero-order valence-corrected chi connectivity index (χ0v) is 15.7. The minimum Gasteiger partial charge on any atom is -0.349 e. The normalized spacial score (nSPS) is 15.8. The van der Waals surface area contributed by atoms with E-state index in [0.717, 1.165) is 12.1 Å². The molecule has 8 heteroatoms. The van der Waals surface area contributed by atoms with Crippen molar-refractivity contribution < 1.29 is 22.8 Å². The van der Waals surface area contributed by atoms with Crippen LogP contribution in [0.25, 0.3) is 6.08 Å². The van der Waals surface area contributed by atoms with Gasteiger partial charge in [0.15, 0.2) is 0 Å². The van der Waals surface area contributed by atoms with E-state index in [1.54, 1.807) is 16.3 Å². The summed E-state index contributed by atoms with van der Waals surface area (Å²) in [4.78, 5) is 26.0. The van der Waals surface area contributed by atoms with Gasteiger partial charge in [0, 0.05) is 36.2 Å². The van der Waals surface area contributed by atoms with Crippen molar-refractivity contribution in [2.75, 3.05) is 13.1 Å². The molecule has 1 aliphatic rings. The lowest BCUT2D eigenvalue weighted by molar-refractivity contribution is -0.137. The molecule has 0 bridgehead atoms. The van der Waals surface area contributed by atoms with Crippen molar-refractivity contribution in [2.45, 2.75) is 25.1 Å². The smallest absolute Gasteiger partial charge is 0.349 e. The average Bonchev–Trinajstić information content (AvgIpc) is 3.21. The summed E-state index contributed by atoms with van der Waals surface area (Å²) < 4.78 is 38.2. The molecule has 1 saturated heterocycles. The molecule has 1 fully saturated rings. The molecule has 0 aliphatic carbocycles. The van der Waals surface area contributed by atoms with Gasteiger partial charge in [0.25, 0.3) is 5.91 Å². The van der Waals surface area contributed by atoms with Crippen LogP contribution in [0.5, 0.6) is 0 Å². The van der Waals surface area contributed by atoms with Crippen LogP contribution in [0.15, 0.2) is 47.2 Å². The van der Waals surface area contributed by atoms with Crippen LogP contribution in [0.3, 0.4) is 0 Å². The summed E-state index contributed by atoms with van der Waals surface area (Å²) in [5.41, 5.74) is 0.206. The van der Waals surface area contributed by atoms with E-state index in [1.807, 2.05) is 5.38 Å². The molecule has 3 rings (SSSR count). The predicted molar refractivity (Wildman–Crippen MR) is 102 cm³/mol. The van der Waals surface area contributed by atoms with Crippen LogP contribution in [-0.2, 0) is 11.0 Å². The molecule has 148 valence electrons. The Labute approximate surface area is 164 Å². The van der Waals surface area contributed by atoms with Crippen LogP contribution in [0.4, 0.5) is 13.2 Å². The maximum atomic E-state index is 12.7. The van der Waals surface area contributed by atoms with Crippen molar-refractivity contribution in [2.24, 2.45) is 0 Å². The Bertz CT molecular complexity index is 855. The highest BCUT2D eigenvalue weighted by atomic mass is 32.1. The fourth-order valence-corrected chi connectivity index (χ4v) is 3.63. The predicted octanol–water partition coefficient (Wildman–Crippen LogP) is 4.20. The van der Waals surface area contributed by atoms with E-state index < -0.39 is 11.7 Å². The highest BCUT2D eigenvalue weighted by molar-refractivity contribution is 7.08. The Balaban J connectivity index is 1.51. The van der Waals surface area contributed by atoms with Crippen molar-refractivity contribution in [3.8, 4) is 0 Å². The number of hydrogen-bond donors (Lipinski definition) is 1. The molecule has 2 heterocycles. The number of nitrogens with one attached hydrogen (secondary N) is 1. The van der Waals surface area contributed by atoms with Gasteiger partial charge in [-0.3, -0.25) is 9.59 Å². The van der Waals surface area contributed by atoms with Crippen LogP contribution in [0.1, 0.15) is 34.3 Å². The topological polar surface area (TPSA) is 49.4 Å². The molecule has 1 N–H and O–H groups in total. The molecular formula is C20H19F3N2O2S. The Morgan fingerprint density at radius 1 is 1.18 bits per heavy atom. The third-order valence-corrected chi connectivity index (χ3v) is 5.24. The largest absolute Gasteiger partial charge is 0.416 e. The second-order valence-corrected chi connectivity index (χ2v) is 7.32. The molecule has 0 atom stereocenters. The quantitative estimate of drug-likeness (QED) is 0.771. The SMILES string of the molecule is O=C(NC1CCN(C(=O)C=Cc2cccc(C(F)(F)F)c2)CC1)c1ccsc1. The summed E-state index contributed by atoms with van der Waals surface area (Å²) >= 11 is 1.46. The first kappa shape index (κ1) is 20.1. The molecule has 1 aromatic heterocycles. The number of rotatable bonds is 4. The monoisotopic (exact) mass is 408 g/mol. The maximum absolute atomic E-state index is 12.7. The van der Waals surface area contributed by atoms with Gasteiger partial charge < -0.3 is 10.2 Å². The van der Waals surface area contributed by atoms with Gasteiger partial charge in [-0.1, -0.05) is 12.1 Å². The van der Waals surface area contributed by atoms with E-state index in [4.69, 9.17) is 0 Å². The maximum Gasteiger partial charge on any atom is 0.416 e. The van der Waals surface area contributed by atoms with E-state index in [9.17, 15) is 22.8 Å². The number of carbonyl (C=O) groups is 2. The van der Waals surface area contributed by atoms with Crippen molar-refractivity contribution >= 4 is 29.2 Å². The first-order valence-electron chi connectivity index (χ1n) is 8.80. The van der Waals surface area contributed by atoms with Gasteiger partial charge in [-0.15, -0.1) is 0 Å². The fourth-order valence-electron chi connectivity index (χ4n) is 3.00. The van der Waals surface area contributed by atoms with Gasteiger partial charge in [-0.2, -0.15) is 24.5 Å². The Morgan fingerprint density at radius 3 is 2.57 bits per heavy atom. The Morgan fingerprint density at radius 2 is 1.93 bits per heavy atom. The van der Waals surface area contributed by atoms with Gasteiger partial charge in [-0.25, -0.2) is 0 Å². The number of alkyl halides is 3. The van der Waals surface area contributed by atoms with E-state index in [2.05, 4.69) is 5.32 Å². The van der Waals surface area contributed by atoms with Crippen molar-refractivity contribution in [1.82, 2.24) is 10.2 Å². The van der Waals surface area contributed by atoms with E-state index in [-0.39, 0.29) is 17.9 Å². The van der Waals surface area contributed by atoms with Crippen LogP contribution >= 0.6 is 11.3 Å². The number of piperidine rings is 1. The van der Waals surface area contributed by atoms with Gasteiger partial charge in [0.05, 0.1) is 5.56 Å². The molecule has 0 unspecified atom stereocenters. The highest BCUT2D eigenvalue weighted by Gasteiger charge is 2.30. The second kappa shape index (κ2) is 8.60. The number of amides is 2. The molecule has 28 heavy (non-hydrogen) atoms. The number of hydrogen-bond acceptors (Lipinski definition) is 3. The highest BCUT2D eigenvalue weighted by Crippen LogP contribution is 2.29. The number of thiophene rings is 1. The molecule has 4 nitrogen and oxygen atoms in total. The fraction of sp³-hybridized carbons (Fsp3) is 0.300. The van der Waals surface area contributed by atoms with E-state index >= 15 is 0 Å². The van der Waals surface area contributed by atoms with Gasteiger partial charge in [0.2, 0.25) is 5.91 Å². The molecular weight excluding hydrogens is 389 g/mol. The van der Waals surface area contributed by atoms with Gasteiger partial charge in [-0.05, 0) is 48.1 Å². The first-order chi connectivity index (χ1) is 13.3. The van der Waals surface area contributed by atoms with E-state index in [0.29, 0.717) is 37.1 Å². The van der Waals surface area contributed by atoms with Crippen LogP contribution < -0.4 is 5.32 Å².